The highest BCUT2D eigenvalue weighted by Crippen LogP contribution is 2.38. The lowest BCUT2D eigenvalue weighted by Crippen LogP contribution is -2.26. The van der Waals surface area contributed by atoms with Gasteiger partial charge in [0.25, 0.3) is 5.91 Å². The molecule has 0 N–H and O–H groups in total. The molecule has 4 aromatic rings. The molecule has 3 aromatic carbocycles. The molecule has 0 radical (unpaired) electrons. The van der Waals surface area contributed by atoms with Gasteiger partial charge >= 0.3 is 0 Å². The number of hydrogen-bond acceptors (Lipinski definition) is 8. The summed E-state index contributed by atoms with van der Waals surface area (Å²) in [5.41, 5.74) is 3.00. The Morgan fingerprint density at radius 2 is 1.55 bits per heavy atom. The van der Waals surface area contributed by atoms with Crippen molar-refractivity contribution in [2.24, 2.45) is 5.10 Å². The van der Waals surface area contributed by atoms with Crippen molar-refractivity contribution in [2.75, 3.05) is 33.4 Å². The van der Waals surface area contributed by atoms with Gasteiger partial charge in [-0.25, -0.2) is 4.98 Å². The van der Waals surface area contributed by atoms with Gasteiger partial charge in [-0.3, -0.25) is 4.79 Å². The van der Waals surface area contributed by atoms with Crippen LogP contribution in [-0.4, -0.2) is 45.5 Å². The summed E-state index contributed by atoms with van der Waals surface area (Å²) in [5, 5.41) is 6.32. The van der Waals surface area contributed by atoms with E-state index in [1.54, 1.807) is 46.8 Å². The minimum absolute atomic E-state index is 0.0298. The number of hydrogen-bond donors (Lipinski definition) is 0. The van der Waals surface area contributed by atoms with Crippen molar-refractivity contribution in [1.82, 2.24) is 4.98 Å². The van der Waals surface area contributed by atoms with E-state index in [9.17, 15) is 4.79 Å². The fourth-order valence-corrected chi connectivity index (χ4v) is 4.78. The summed E-state index contributed by atoms with van der Waals surface area (Å²) < 4.78 is 22.6. The molecule has 38 heavy (non-hydrogen) atoms. The third-order valence-electron chi connectivity index (χ3n) is 5.97. The molecule has 0 fully saturated rings. The quantitative estimate of drug-likeness (QED) is 0.195. The highest BCUT2D eigenvalue weighted by Gasteiger charge is 2.23. The van der Waals surface area contributed by atoms with Crippen LogP contribution in [0, 0.1) is 0 Å². The Labute approximate surface area is 226 Å². The van der Waals surface area contributed by atoms with Gasteiger partial charge in [-0.1, -0.05) is 44.2 Å². The van der Waals surface area contributed by atoms with E-state index in [0.29, 0.717) is 39.3 Å². The Morgan fingerprint density at radius 3 is 2.11 bits per heavy atom. The average Bonchev–Trinajstić information content (AvgIpc) is 3.34. The highest BCUT2D eigenvalue weighted by molar-refractivity contribution is 7.22. The molecule has 0 spiro atoms. The molecule has 0 bridgehead atoms. The van der Waals surface area contributed by atoms with Crippen molar-refractivity contribution in [2.45, 2.75) is 26.2 Å². The maximum absolute atomic E-state index is 13.8. The normalized spacial score (nSPS) is 11.6. The second kappa shape index (κ2) is 11.1. The Bertz CT molecular complexity index is 1450. The summed E-state index contributed by atoms with van der Waals surface area (Å²) >= 11 is 1.35. The molecule has 8 nitrogen and oxygen atoms in total. The zero-order valence-electron chi connectivity index (χ0n) is 22.6. The molecule has 4 rings (SSSR count). The molecule has 0 saturated carbocycles. The monoisotopic (exact) mass is 533 g/mol. The molecular formula is C29H31N3O5S. The summed E-state index contributed by atoms with van der Waals surface area (Å²) in [6, 6.07) is 16.7. The number of methoxy groups -OCH3 is 4. The van der Waals surface area contributed by atoms with Crippen molar-refractivity contribution >= 4 is 38.8 Å². The summed E-state index contributed by atoms with van der Waals surface area (Å²) in [6.07, 6.45) is 1.57. The van der Waals surface area contributed by atoms with Crippen LogP contribution >= 0.6 is 11.3 Å². The molecular weight excluding hydrogens is 502 g/mol. The van der Waals surface area contributed by atoms with E-state index in [1.807, 2.05) is 42.5 Å². The number of carbonyl (C=O) groups is 1. The molecule has 9 heteroatoms. The Balaban J connectivity index is 1.78. The van der Waals surface area contributed by atoms with E-state index in [-0.39, 0.29) is 11.3 Å². The van der Waals surface area contributed by atoms with Crippen molar-refractivity contribution in [3.63, 3.8) is 0 Å². The molecule has 1 amide bonds. The minimum atomic E-state index is -0.305. The van der Waals surface area contributed by atoms with E-state index < -0.39 is 0 Å². The number of aromatic nitrogens is 1. The SMILES string of the molecule is COc1ccc2nc(N(/N=C/c3cc(OC)c(OC)c(OC)c3)C(=O)c3ccc(C(C)(C)C)cc3)sc2c1. The Hall–Kier alpha value is -4.11. The van der Waals surface area contributed by atoms with Crippen LogP contribution in [-0.2, 0) is 5.41 Å². The van der Waals surface area contributed by atoms with Crippen LogP contribution in [0.3, 0.4) is 0 Å². The summed E-state index contributed by atoms with van der Waals surface area (Å²) in [7, 11) is 6.25. The molecule has 1 aromatic heterocycles. The second-order valence-corrected chi connectivity index (χ2v) is 10.5. The van der Waals surface area contributed by atoms with Gasteiger partial charge in [0.2, 0.25) is 10.9 Å². The Kier molecular flexibility index (Phi) is 7.87. The number of rotatable bonds is 8. The van der Waals surface area contributed by atoms with Gasteiger partial charge in [-0.05, 0) is 53.4 Å². The summed E-state index contributed by atoms with van der Waals surface area (Å²) in [6.45, 7) is 6.40. The number of carbonyl (C=O) groups excluding carboxylic acids is 1. The maximum atomic E-state index is 13.8. The molecule has 1 heterocycles. The number of anilines is 1. The first-order valence-electron chi connectivity index (χ1n) is 11.9. The van der Waals surface area contributed by atoms with Crippen molar-refractivity contribution < 1.29 is 23.7 Å². The molecule has 0 aliphatic carbocycles. The Morgan fingerprint density at radius 1 is 0.895 bits per heavy atom. The predicted molar refractivity (Wildman–Crippen MR) is 152 cm³/mol. The van der Waals surface area contributed by atoms with Crippen LogP contribution in [0.25, 0.3) is 10.2 Å². The van der Waals surface area contributed by atoms with Crippen molar-refractivity contribution in [3.05, 3.63) is 71.3 Å². The third kappa shape index (κ3) is 5.57. The number of hydrazone groups is 1. The molecule has 0 atom stereocenters. The van der Waals surface area contributed by atoms with Gasteiger partial charge in [0.1, 0.15) is 5.75 Å². The highest BCUT2D eigenvalue weighted by atomic mass is 32.1. The largest absolute Gasteiger partial charge is 0.497 e. The van der Waals surface area contributed by atoms with Gasteiger partial charge in [-0.2, -0.15) is 10.1 Å². The molecule has 0 unspecified atom stereocenters. The molecule has 0 aliphatic heterocycles. The van der Waals surface area contributed by atoms with Crippen LogP contribution in [0.5, 0.6) is 23.0 Å². The van der Waals surface area contributed by atoms with Crippen molar-refractivity contribution in [1.29, 1.82) is 0 Å². The fraction of sp³-hybridized carbons (Fsp3) is 0.276. The van der Waals surface area contributed by atoms with Gasteiger partial charge < -0.3 is 18.9 Å². The number of amides is 1. The van der Waals surface area contributed by atoms with Gasteiger partial charge in [0.15, 0.2) is 11.5 Å². The van der Waals surface area contributed by atoms with E-state index >= 15 is 0 Å². The first-order chi connectivity index (χ1) is 18.2. The van der Waals surface area contributed by atoms with E-state index in [4.69, 9.17) is 18.9 Å². The number of benzene rings is 3. The molecule has 198 valence electrons. The van der Waals surface area contributed by atoms with E-state index in [0.717, 1.165) is 15.8 Å². The van der Waals surface area contributed by atoms with Crippen LogP contribution < -0.4 is 24.0 Å². The zero-order chi connectivity index (χ0) is 27.4. The van der Waals surface area contributed by atoms with Crippen LogP contribution in [0.1, 0.15) is 42.3 Å². The third-order valence-corrected chi connectivity index (χ3v) is 6.96. The minimum Gasteiger partial charge on any atom is -0.497 e. The van der Waals surface area contributed by atoms with Crippen LogP contribution in [0.4, 0.5) is 5.13 Å². The summed E-state index contributed by atoms with van der Waals surface area (Å²) in [4.78, 5) is 18.4. The first-order valence-corrected chi connectivity index (χ1v) is 12.7. The number of nitrogens with zero attached hydrogens (tertiary/aromatic N) is 3. The van der Waals surface area contributed by atoms with Gasteiger partial charge in [0, 0.05) is 11.1 Å². The fourth-order valence-electron chi connectivity index (χ4n) is 3.83. The van der Waals surface area contributed by atoms with Crippen molar-refractivity contribution in [3.8, 4) is 23.0 Å². The average molecular weight is 534 g/mol. The van der Waals surface area contributed by atoms with Crippen LogP contribution in [0.15, 0.2) is 59.7 Å². The number of fused-ring (bicyclic) bond motifs is 1. The predicted octanol–water partition coefficient (Wildman–Crippen LogP) is 6.31. The van der Waals surface area contributed by atoms with E-state index in [2.05, 4.69) is 30.9 Å². The zero-order valence-corrected chi connectivity index (χ0v) is 23.4. The first kappa shape index (κ1) is 26.9. The second-order valence-electron chi connectivity index (χ2n) is 9.48. The number of ether oxygens (including phenoxy) is 4. The molecule has 0 aliphatic rings. The lowest BCUT2D eigenvalue weighted by molar-refractivity contribution is 0.0988. The van der Waals surface area contributed by atoms with Gasteiger partial charge in [-0.15, -0.1) is 0 Å². The summed E-state index contributed by atoms with van der Waals surface area (Å²) in [5.74, 6) is 1.84. The maximum Gasteiger partial charge on any atom is 0.280 e. The topological polar surface area (TPSA) is 82.5 Å². The smallest absolute Gasteiger partial charge is 0.280 e. The standard InChI is InChI=1S/C29H31N3O5S/c1-29(2,3)20-10-8-19(9-11-20)27(33)32(28-31-22-13-12-21(34-4)16-25(22)38-28)30-17-18-14-23(35-5)26(37-7)24(15-18)36-6/h8-17H,1-7H3/b30-17+. The van der Waals surface area contributed by atoms with Crippen LogP contribution in [0.2, 0.25) is 0 Å². The van der Waals surface area contributed by atoms with E-state index in [1.165, 1.54) is 16.3 Å². The lowest BCUT2D eigenvalue weighted by atomic mass is 9.87. The molecule has 0 saturated heterocycles. The lowest BCUT2D eigenvalue weighted by Gasteiger charge is -2.20. The number of thiazole rings is 1. The van der Waals surface area contributed by atoms with Gasteiger partial charge in [0.05, 0.1) is 44.9 Å².